The first-order chi connectivity index (χ1) is 16.1. The standard InChI is InChI=1S/C23H22ClF3N4O3/c1-12(32)14-4-3-5-15(10-14)28-22(33)20-19(24)21-29-17(13-6-8-16(34-2)9-7-13)11-18(23(25,26)27)31(21)30-20/h3-10,12,17-18,29,32H,11H2,1-2H3,(H,28,33)/t12-,17+,18+/m1/s1. The van der Waals surface area contributed by atoms with E-state index in [9.17, 15) is 23.1 Å². The van der Waals surface area contributed by atoms with Crippen LogP contribution in [0.4, 0.5) is 24.7 Å². The highest BCUT2D eigenvalue weighted by Crippen LogP contribution is 2.46. The molecule has 0 spiro atoms. The van der Waals surface area contributed by atoms with Gasteiger partial charge in [-0.3, -0.25) is 4.79 Å². The SMILES string of the molecule is COc1ccc([C@@H]2C[C@@H](C(F)(F)F)n3nc(C(=O)Nc4cccc([C@@H](C)O)c4)c(Cl)c3N2)cc1. The number of fused-ring (bicyclic) bond motifs is 1. The lowest BCUT2D eigenvalue weighted by Gasteiger charge is -2.33. The lowest BCUT2D eigenvalue weighted by atomic mass is 9.97. The highest BCUT2D eigenvalue weighted by Gasteiger charge is 2.47. The Morgan fingerprint density at radius 3 is 2.62 bits per heavy atom. The molecule has 1 amide bonds. The van der Waals surface area contributed by atoms with Crippen LogP contribution in [0.2, 0.25) is 5.02 Å². The number of halogens is 4. The molecule has 2 aromatic carbocycles. The summed E-state index contributed by atoms with van der Waals surface area (Å²) in [5.74, 6) is -0.272. The Morgan fingerprint density at radius 2 is 2.00 bits per heavy atom. The first-order valence-electron chi connectivity index (χ1n) is 10.4. The summed E-state index contributed by atoms with van der Waals surface area (Å²) >= 11 is 6.37. The number of aliphatic hydroxyl groups is 1. The third kappa shape index (κ3) is 4.69. The van der Waals surface area contributed by atoms with Gasteiger partial charge in [0.2, 0.25) is 0 Å². The smallest absolute Gasteiger partial charge is 0.410 e. The van der Waals surface area contributed by atoms with E-state index in [4.69, 9.17) is 16.3 Å². The molecule has 3 N–H and O–H groups in total. The summed E-state index contributed by atoms with van der Waals surface area (Å²) in [6.45, 7) is 1.57. The van der Waals surface area contributed by atoms with Crippen LogP contribution in [0.1, 0.15) is 53.1 Å². The predicted octanol–water partition coefficient (Wildman–Crippen LogP) is 5.51. The number of anilines is 2. The van der Waals surface area contributed by atoms with Gasteiger partial charge in [0, 0.05) is 12.1 Å². The molecule has 0 saturated heterocycles. The van der Waals surface area contributed by atoms with Gasteiger partial charge in [0.05, 0.1) is 19.3 Å². The van der Waals surface area contributed by atoms with Crippen LogP contribution >= 0.6 is 11.6 Å². The van der Waals surface area contributed by atoms with Gasteiger partial charge in [-0.1, -0.05) is 35.9 Å². The summed E-state index contributed by atoms with van der Waals surface area (Å²) in [5.41, 5.74) is 1.19. The molecular weight excluding hydrogens is 473 g/mol. The number of alkyl halides is 3. The fourth-order valence-corrected chi connectivity index (χ4v) is 4.12. The molecule has 0 fully saturated rings. The van der Waals surface area contributed by atoms with Gasteiger partial charge < -0.3 is 20.5 Å². The van der Waals surface area contributed by atoms with Crippen LogP contribution in [-0.2, 0) is 0 Å². The number of aliphatic hydroxyl groups excluding tert-OH is 1. The summed E-state index contributed by atoms with van der Waals surface area (Å²) in [4.78, 5) is 12.9. The fourth-order valence-electron chi connectivity index (χ4n) is 3.86. The largest absolute Gasteiger partial charge is 0.497 e. The third-order valence-corrected chi connectivity index (χ3v) is 6.01. The van der Waals surface area contributed by atoms with Crippen molar-refractivity contribution in [2.24, 2.45) is 0 Å². The molecule has 4 rings (SSSR count). The van der Waals surface area contributed by atoms with Crippen LogP contribution in [0, 0.1) is 0 Å². The first kappa shape index (κ1) is 23.9. The second kappa shape index (κ2) is 9.19. The van der Waals surface area contributed by atoms with Crippen molar-refractivity contribution in [2.45, 2.75) is 37.7 Å². The molecule has 0 aliphatic carbocycles. The number of amides is 1. The van der Waals surface area contributed by atoms with Gasteiger partial charge in [-0.25, -0.2) is 4.68 Å². The molecule has 7 nitrogen and oxygen atoms in total. The van der Waals surface area contributed by atoms with Crippen molar-refractivity contribution in [3.63, 3.8) is 0 Å². The van der Waals surface area contributed by atoms with Gasteiger partial charge in [0.15, 0.2) is 11.7 Å². The minimum atomic E-state index is -4.61. The van der Waals surface area contributed by atoms with E-state index in [0.29, 0.717) is 22.6 Å². The molecule has 3 aromatic rings. The van der Waals surface area contributed by atoms with Crippen LogP contribution in [0.25, 0.3) is 0 Å². The number of hydrogen-bond acceptors (Lipinski definition) is 5. The molecule has 0 saturated carbocycles. The van der Waals surface area contributed by atoms with Crippen LogP contribution in [0.15, 0.2) is 48.5 Å². The second-order valence-electron chi connectivity index (χ2n) is 7.97. The zero-order valence-electron chi connectivity index (χ0n) is 18.2. The maximum Gasteiger partial charge on any atom is 0.410 e. The molecule has 0 unspecified atom stereocenters. The Hall–Kier alpha value is -3.24. The van der Waals surface area contributed by atoms with E-state index < -0.39 is 30.3 Å². The summed E-state index contributed by atoms with van der Waals surface area (Å²) < 4.78 is 47.7. The van der Waals surface area contributed by atoms with Crippen molar-refractivity contribution >= 4 is 29.0 Å². The number of ether oxygens (including phenoxy) is 1. The normalized spacial score (nSPS) is 18.6. The van der Waals surface area contributed by atoms with Gasteiger partial charge >= 0.3 is 6.18 Å². The minimum absolute atomic E-state index is 0.0843. The van der Waals surface area contributed by atoms with Gasteiger partial charge in [-0.05, 0) is 42.3 Å². The van der Waals surface area contributed by atoms with Crippen molar-refractivity contribution in [2.75, 3.05) is 17.7 Å². The zero-order chi connectivity index (χ0) is 24.6. The van der Waals surface area contributed by atoms with Gasteiger partial charge in [-0.2, -0.15) is 18.3 Å². The van der Waals surface area contributed by atoms with Gasteiger partial charge in [0.1, 0.15) is 16.6 Å². The van der Waals surface area contributed by atoms with Gasteiger partial charge in [0.25, 0.3) is 5.91 Å². The summed E-state index contributed by atoms with van der Waals surface area (Å²) in [6, 6.07) is 10.4. The number of carbonyl (C=O) groups is 1. The van der Waals surface area contributed by atoms with Gasteiger partial charge in [-0.15, -0.1) is 0 Å². The number of carbonyl (C=O) groups excluding carboxylic acids is 1. The Balaban J connectivity index is 1.66. The van der Waals surface area contributed by atoms with Crippen molar-refractivity contribution in [3.8, 4) is 5.75 Å². The van der Waals surface area contributed by atoms with E-state index >= 15 is 0 Å². The highest BCUT2D eigenvalue weighted by molar-refractivity contribution is 6.36. The van der Waals surface area contributed by atoms with Crippen molar-refractivity contribution in [3.05, 3.63) is 70.4 Å². The maximum absolute atomic E-state index is 14.0. The predicted molar refractivity (Wildman–Crippen MR) is 121 cm³/mol. The highest BCUT2D eigenvalue weighted by atomic mass is 35.5. The topological polar surface area (TPSA) is 88.4 Å². The fraction of sp³-hybridized carbons (Fsp3) is 0.304. The monoisotopic (exact) mass is 494 g/mol. The molecule has 180 valence electrons. The van der Waals surface area contributed by atoms with E-state index in [-0.39, 0.29) is 23.0 Å². The van der Waals surface area contributed by atoms with Crippen molar-refractivity contribution in [1.29, 1.82) is 0 Å². The van der Waals surface area contributed by atoms with Crippen LogP contribution in [-0.4, -0.2) is 34.1 Å². The first-order valence-corrected chi connectivity index (χ1v) is 10.8. The van der Waals surface area contributed by atoms with E-state index in [1.54, 1.807) is 55.5 Å². The zero-order valence-corrected chi connectivity index (χ0v) is 19.0. The van der Waals surface area contributed by atoms with E-state index in [1.807, 2.05) is 0 Å². The molecular formula is C23H22ClF3N4O3. The Morgan fingerprint density at radius 1 is 1.29 bits per heavy atom. The van der Waals surface area contributed by atoms with Crippen LogP contribution in [0.3, 0.4) is 0 Å². The molecule has 0 bridgehead atoms. The Labute approximate surface area is 198 Å². The third-order valence-electron chi connectivity index (χ3n) is 5.66. The average molecular weight is 495 g/mol. The van der Waals surface area contributed by atoms with Crippen molar-refractivity contribution < 1.29 is 27.8 Å². The molecule has 11 heteroatoms. The number of nitrogens with one attached hydrogen (secondary N) is 2. The number of aromatic nitrogens is 2. The van der Waals surface area contributed by atoms with E-state index in [0.717, 1.165) is 4.68 Å². The molecule has 2 heterocycles. The van der Waals surface area contributed by atoms with Crippen LogP contribution < -0.4 is 15.4 Å². The summed E-state index contributed by atoms with van der Waals surface area (Å²) in [6.07, 6.45) is -5.71. The lowest BCUT2D eigenvalue weighted by molar-refractivity contribution is -0.173. The molecule has 1 aliphatic heterocycles. The Kier molecular flexibility index (Phi) is 6.46. The number of nitrogens with zero attached hydrogens (tertiary/aromatic N) is 2. The van der Waals surface area contributed by atoms with Crippen molar-refractivity contribution in [1.82, 2.24) is 9.78 Å². The van der Waals surface area contributed by atoms with Crippen LogP contribution in [0.5, 0.6) is 5.75 Å². The number of hydrogen-bond donors (Lipinski definition) is 3. The molecule has 34 heavy (non-hydrogen) atoms. The van der Waals surface area contributed by atoms with E-state index in [2.05, 4.69) is 15.7 Å². The lowest BCUT2D eigenvalue weighted by Crippen LogP contribution is -2.35. The van der Waals surface area contributed by atoms with E-state index in [1.165, 1.54) is 7.11 Å². The Bertz CT molecular complexity index is 1200. The quantitative estimate of drug-likeness (QED) is 0.435. The number of rotatable bonds is 5. The minimum Gasteiger partial charge on any atom is -0.497 e. The summed E-state index contributed by atoms with van der Waals surface area (Å²) in [5, 5.41) is 19.0. The number of methoxy groups -OCH3 is 1. The second-order valence-corrected chi connectivity index (χ2v) is 8.35. The molecule has 3 atom stereocenters. The average Bonchev–Trinajstić information content (AvgIpc) is 3.14. The molecule has 0 radical (unpaired) electrons. The maximum atomic E-state index is 14.0. The summed E-state index contributed by atoms with van der Waals surface area (Å²) in [7, 11) is 1.50. The molecule has 1 aromatic heterocycles. The molecule has 1 aliphatic rings. The number of benzene rings is 2.